The molecule has 0 aromatic carbocycles. The van der Waals surface area contributed by atoms with Crippen molar-refractivity contribution in [3.8, 4) is 5.75 Å². The van der Waals surface area contributed by atoms with Gasteiger partial charge in [-0.15, -0.1) is 5.10 Å². The zero-order valence-corrected chi connectivity index (χ0v) is 12.9. The molecule has 6 heteroatoms. The molecule has 0 radical (unpaired) electrons. The molecular weight excluding hydrogens is 272 g/mol. The van der Waals surface area contributed by atoms with Crippen LogP contribution in [0.1, 0.15) is 42.9 Å². The minimum absolute atomic E-state index is 0.0721. The lowest BCUT2D eigenvalue weighted by atomic mass is 10.1. The molecule has 0 amide bonds. The largest absolute Gasteiger partial charge is 0.492 e. The molecule has 1 atom stereocenters. The minimum Gasteiger partial charge on any atom is -0.492 e. The normalized spacial score (nSPS) is 12.3. The van der Waals surface area contributed by atoms with Crippen molar-refractivity contribution in [2.75, 3.05) is 13.2 Å². The fourth-order valence-corrected chi connectivity index (χ4v) is 2.93. The molecule has 0 fully saturated rings. The first kappa shape index (κ1) is 14.9. The Balaban J connectivity index is 2.35. The van der Waals surface area contributed by atoms with Crippen molar-refractivity contribution in [2.45, 2.75) is 33.2 Å². The maximum absolute atomic E-state index is 5.53. The molecule has 2 aromatic heterocycles. The van der Waals surface area contributed by atoms with Gasteiger partial charge in [0.25, 0.3) is 0 Å². The monoisotopic (exact) mass is 292 g/mol. The number of nitrogens with one attached hydrogen (secondary N) is 1. The molecular formula is C14H20N4OS. The fraction of sp³-hybridized carbons (Fsp3) is 0.500. The van der Waals surface area contributed by atoms with Gasteiger partial charge in [0, 0.05) is 6.20 Å². The van der Waals surface area contributed by atoms with Gasteiger partial charge in [-0.3, -0.25) is 4.98 Å². The van der Waals surface area contributed by atoms with Crippen LogP contribution in [0.5, 0.6) is 5.75 Å². The van der Waals surface area contributed by atoms with Crippen molar-refractivity contribution in [1.29, 1.82) is 0 Å². The van der Waals surface area contributed by atoms with Gasteiger partial charge in [0.05, 0.1) is 29.4 Å². The number of rotatable bonds is 7. The molecule has 0 aliphatic rings. The Bertz CT molecular complexity index is 543. The Morgan fingerprint density at radius 1 is 1.30 bits per heavy atom. The van der Waals surface area contributed by atoms with Crippen molar-refractivity contribution < 1.29 is 4.74 Å². The van der Waals surface area contributed by atoms with Crippen molar-refractivity contribution in [3.63, 3.8) is 0 Å². The van der Waals surface area contributed by atoms with Gasteiger partial charge in [-0.1, -0.05) is 18.3 Å². The van der Waals surface area contributed by atoms with E-state index in [4.69, 9.17) is 4.74 Å². The molecule has 2 heterocycles. The highest BCUT2D eigenvalue weighted by molar-refractivity contribution is 7.05. The lowest BCUT2D eigenvalue weighted by molar-refractivity contribution is 0.338. The lowest BCUT2D eigenvalue weighted by Crippen LogP contribution is -2.22. The molecule has 0 bridgehead atoms. The van der Waals surface area contributed by atoms with E-state index in [2.05, 4.69) is 33.7 Å². The average molecular weight is 292 g/mol. The third-order valence-corrected chi connectivity index (χ3v) is 3.80. The maximum atomic E-state index is 5.53. The van der Waals surface area contributed by atoms with Crippen LogP contribution in [0, 0.1) is 0 Å². The van der Waals surface area contributed by atoms with E-state index in [-0.39, 0.29) is 6.04 Å². The molecule has 0 saturated carbocycles. The summed E-state index contributed by atoms with van der Waals surface area (Å²) >= 11 is 1.44. The van der Waals surface area contributed by atoms with Gasteiger partial charge in [0.15, 0.2) is 0 Å². The standard InChI is InChI=1S/C14H20N4OS/c1-4-12-14(20-18-17-12)13(16-5-2)10-7-11(19-6-3)9-15-8-10/h7-9,13,16H,4-6H2,1-3H3. The first-order valence-electron chi connectivity index (χ1n) is 6.92. The second-order valence-electron chi connectivity index (χ2n) is 4.32. The van der Waals surface area contributed by atoms with E-state index >= 15 is 0 Å². The predicted molar refractivity (Wildman–Crippen MR) is 80.2 cm³/mol. The molecule has 1 N–H and O–H groups in total. The van der Waals surface area contributed by atoms with E-state index in [1.165, 1.54) is 11.5 Å². The Labute approximate surface area is 123 Å². The van der Waals surface area contributed by atoms with Crippen LogP contribution in [0.3, 0.4) is 0 Å². The SMILES string of the molecule is CCNC(c1cncc(OCC)c1)c1snnc1CC. The first-order valence-corrected chi connectivity index (χ1v) is 7.69. The number of nitrogens with zero attached hydrogens (tertiary/aromatic N) is 3. The van der Waals surface area contributed by atoms with Crippen LogP contribution in [-0.4, -0.2) is 27.7 Å². The summed E-state index contributed by atoms with van der Waals surface area (Å²) in [6.45, 7) is 7.66. The smallest absolute Gasteiger partial charge is 0.137 e. The number of ether oxygens (including phenoxy) is 1. The van der Waals surface area contributed by atoms with Gasteiger partial charge in [-0.25, -0.2) is 0 Å². The molecule has 2 rings (SSSR count). The molecule has 0 aliphatic carbocycles. The van der Waals surface area contributed by atoms with Crippen molar-refractivity contribution in [2.24, 2.45) is 0 Å². The van der Waals surface area contributed by atoms with Gasteiger partial charge < -0.3 is 10.1 Å². The molecule has 1 unspecified atom stereocenters. The zero-order chi connectivity index (χ0) is 14.4. The van der Waals surface area contributed by atoms with Gasteiger partial charge in [0.1, 0.15) is 5.75 Å². The van der Waals surface area contributed by atoms with E-state index in [0.717, 1.165) is 34.8 Å². The van der Waals surface area contributed by atoms with Crippen LogP contribution in [0.4, 0.5) is 0 Å². The Hall–Kier alpha value is -1.53. The summed E-state index contributed by atoms with van der Waals surface area (Å²) in [5.41, 5.74) is 2.13. The van der Waals surface area contributed by atoms with Crippen molar-refractivity contribution in [3.05, 3.63) is 34.6 Å². The Kier molecular flexibility index (Phi) is 5.43. The number of hydrogen-bond donors (Lipinski definition) is 1. The van der Waals surface area contributed by atoms with Gasteiger partial charge >= 0.3 is 0 Å². The van der Waals surface area contributed by atoms with E-state index in [1.807, 2.05) is 19.2 Å². The average Bonchev–Trinajstić information content (AvgIpc) is 2.93. The summed E-state index contributed by atoms with van der Waals surface area (Å²) in [6.07, 6.45) is 4.49. The van der Waals surface area contributed by atoms with E-state index in [0.29, 0.717) is 6.61 Å². The zero-order valence-electron chi connectivity index (χ0n) is 12.1. The van der Waals surface area contributed by atoms with Crippen molar-refractivity contribution in [1.82, 2.24) is 19.9 Å². The van der Waals surface area contributed by atoms with Crippen LogP contribution in [-0.2, 0) is 6.42 Å². The maximum Gasteiger partial charge on any atom is 0.137 e. The van der Waals surface area contributed by atoms with E-state index in [9.17, 15) is 0 Å². The summed E-state index contributed by atoms with van der Waals surface area (Å²) in [4.78, 5) is 5.43. The molecule has 0 saturated heterocycles. The molecule has 0 spiro atoms. The number of pyridine rings is 1. The summed E-state index contributed by atoms with van der Waals surface area (Å²) < 4.78 is 9.61. The predicted octanol–water partition coefficient (Wildman–Crippen LogP) is 2.59. The van der Waals surface area contributed by atoms with Crippen LogP contribution in [0.25, 0.3) is 0 Å². The second-order valence-corrected chi connectivity index (χ2v) is 5.10. The summed E-state index contributed by atoms with van der Waals surface area (Å²) in [5.74, 6) is 0.795. The lowest BCUT2D eigenvalue weighted by Gasteiger charge is -2.17. The van der Waals surface area contributed by atoms with Crippen LogP contribution in [0.2, 0.25) is 0 Å². The first-order chi connectivity index (χ1) is 9.80. The Morgan fingerprint density at radius 2 is 2.15 bits per heavy atom. The summed E-state index contributed by atoms with van der Waals surface area (Å²) in [7, 11) is 0. The third-order valence-electron chi connectivity index (χ3n) is 2.97. The van der Waals surface area contributed by atoms with Gasteiger partial charge in [0.2, 0.25) is 0 Å². The quantitative estimate of drug-likeness (QED) is 0.850. The highest BCUT2D eigenvalue weighted by atomic mass is 32.1. The molecule has 108 valence electrons. The van der Waals surface area contributed by atoms with Crippen LogP contribution in [0.15, 0.2) is 18.5 Å². The second kappa shape index (κ2) is 7.31. The van der Waals surface area contributed by atoms with E-state index < -0.39 is 0 Å². The number of aryl methyl sites for hydroxylation is 1. The van der Waals surface area contributed by atoms with E-state index in [1.54, 1.807) is 6.20 Å². The number of hydrogen-bond acceptors (Lipinski definition) is 6. The minimum atomic E-state index is 0.0721. The van der Waals surface area contributed by atoms with Gasteiger partial charge in [-0.05, 0) is 43.1 Å². The number of aromatic nitrogens is 3. The fourth-order valence-electron chi connectivity index (χ4n) is 2.09. The van der Waals surface area contributed by atoms with Gasteiger partial charge in [-0.2, -0.15) is 0 Å². The third kappa shape index (κ3) is 3.32. The van der Waals surface area contributed by atoms with Crippen LogP contribution < -0.4 is 10.1 Å². The molecule has 0 aliphatic heterocycles. The summed E-state index contributed by atoms with van der Waals surface area (Å²) in [5, 5.41) is 7.68. The van der Waals surface area contributed by atoms with Crippen molar-refractivity contribution >= 4 is 11.5 Å². The summed E-state index contributed by atoms with van der Waals surface area (Å²) in [6, 6.07) is 2.10. The highest BCUT2D eigenvalue weighted by Crippen LogP contribution is 2.28. The highest BCUT2D eigenvalue weighted by Gasteiger charge is 2.20. The molecule has 2 aromatic rings. The van der Waals surface area contributed by atoms with Crippen LogP contribution >= 0.6 is 11.5 Å². The molecule has 20 heavy (non-hydrogen) atoms. The molecule has 5 nitrogen and oxygen atoms in total. The topological polar surface area (TPSA) is 59.9 Å². The Morgan fingerprint density at radius 3 is 2.85 bits per heavy atom.